The van der Waals surface area contributed by atoms with E-state index in [1.54, 1.807) is 0 Å². The second kappa shape index (κ2) is 5.85. The average molecular weight is 222 g/mol. The van der Waals surface area contributed by atoms with Gasteiger partial charge in [0, 0.05) is 30.5 Å². The number of nitrogens with zero attached hydrogens (tertiary/aromatic N) is 2. The number of aromatic hydroxyl groups is 1. The summed E-state index contributed by atoms with van der Waals surface area (Å²) in [6.07, 6.45) is 3.47. The van der Waals surface area contributed by atoms with Crippen molar-refractivity contribution in [1.82, 2.24) is 0 Å². The number of phenolic OH excluding ortho intramolecular Hbond substituents is 1. The normalized spacial score (nSPS) is 10.8. The Labute approximate surface area is 93.6 Å². The van der Waals surface area contributed by atoms with E-state index in [-0.39, 0.29) is 11.4 Å². The van der Waals surface area contributed by atoms with Crippen LogP contribution in [0.4, 0.5) is 5.69 Å². The lowest BCUT2D eigenvalue weighted by Crippen LogP contribution is -1.91. The van der Waals surface area contributed by atoms with Gasteiger partial charge in [-0.3, -0.25) is 15.1 Å². The lowest BCUT2D eigenvalue weighted by Gasteiger charge is -1.98. The van der Waals surface area contributed by atoms with Gasteiger partial charge in [-0.15, -0.1) is 0 Å². The molecule has 1 aromatic carbocycles. The molecule has 0 aromatic heterocycles. The molecule has 0 aliphatic carbocycles. The van der Waals surface area contributed by atoms with E-state index in [0.29, 0.717) is 12.1 Å². The summed E-state index contributed by atoms with van der Waals surface area (Å²) in [4.78, 5) is 14.1. The Kier molecular flexibility index (Phi) is 4.44. The largest absolute Gasteiger partial charge is 0.507 e. The Morgan fingerprint density at radius 2 is 2.31 bits per heavy atom. The Hall–Kier alpha value is -1.91. The fourth-order valence-corrected chi connectivity index (χ4v) is 1.17. The molecule has 5 heteroatoms. The molecule has 0 amide bonds. The molecule has 1 aromatic rings. The van der Waals surface area contributed by atoms with Gasteiger partial charge in [0.1, 0.15) is 5.75 Å². The quantitative estimate of drug-likeness (QED) is 0.360. The molecule has 0 saturated heterocycles. The van der Waals surface area contributed by atoms with E-state index in [1.165, 1.54) is 24.4 Å². The maximum absolute atomic E-state index is 10.5. The lowest BCUT2D eigenvalue weighted by atomic mass is 10.2. The van der Waals surface area contributed by atoms with Gasteiger partial charge in [0.2, 0.25) is 0 Å². The van der Waals surface area contributed by atoms with E-state index in [4.69, 9.17) is 0 Å². The van der Waals surface area contributed by atoms with Gasteiger partial charge in [0.25, 0.3) is 5.69 Å². The number of non-ortho nitro benzene ring substituents is 1. The minimum absolute atomic E-state index is 0.00542. The molecular weight excluding hydrogens is 208 g/mol. The second-order valence-electron chi connectivity index (χ2n) is 3.39. The molecular formula is C11H14N2O3. The topological polar surface area (TPSA) is 75.7 Å². The smallest absolute Gasteiger partial charge is 0.270 e. The summed E-state index contributed by atoms with van der Waals surface area (Å²) in [7, 11) is 0. The van der Waals surface area contributed by atoms with Crippen molar-refractivity contribution in [1.29, 1.82) is 0 Å². The highest BCUT2D eigenvalue weighted by atomic mass is 16.6. The van der Waals surface area contributed by atoms with Crippen LogP contribution in [-0.4, -0.2) is 22.8 Å². The molecule has 0 aliphatic heterocycles. The van der Waals surface area contributed by atoms with Crippen LogP contribution in [0, 0.1) is 10.1 Å². The molecule has 5 nitrogen and oxygen atoms in total. The van der Waals surface area contributed by atoms with Crippen LogP contribution < -0.4 is 0 Å². The molecule has 0 heterocycles. The van der Waals surface area contributed by atoms with Crippen molar-refractivity contribution in [3.63, 3.8) is 0 Å². The summed E-state index contributed by atoms with van der Waals surface area (Å²) in [5.41, 5.74) is 0.333. The lowest BCUT2D eigenvalue weighted by molar-refractivity contribution is -0.384. The van der Waals surface area contributed by atoms with Crippen LogP contribution in [0.25, 0.3) is 0 Å². The summed E-state index contributed by atoms with van der Waals surface area (Å²) in [5.74, 6) is 0.00542. The minimum Gasteiger partial charge on any atom is -0.507 e. The summed E-state index contributed by atoms with van der Waals surface area (Å²) in [6, 6.07) is 3.88. The van der Waals surface area contributed by atoms with Gasteiger partial charge in [-0.05, 0) is 12.5 Å². The van der Waals surface area contributed by atoms with E-state index in [9.17, 15) is 15.2 Å². The van der Waals surface area contributed by atoms with E-state index in [0.717, 1.165) is 12.8 Å². The van der Waals surface area contributed by atoms with Crippen LogP contribution in [0.5, 0.6) is 5.75 Å². The molecule has 0 spiro atoms. The summed E-state index contributed by atoms with van der Waals surface area (Å²) < 4.78 is 0. The first-order valence-electron chi connectivity index (χ1n) is 5.12. The van der Waals surface area contributed by atoms with E-state index < -0.39 is 4.92 Å². The molecule has 1 rings (SSSR count). The number of unbranched alkanes of at least 4 members (excludes halogenated alkanes) is 1. The Bertz CT molecular complexity index is 402. The fraction of sp³-hybridized carbons (Fsp3) is 0.364. The highest BCUT2D eigenvalue weighted by molar-refractivity contribution is 5.84. The molecule has 0 unspecified atom stereocenters. The molecule has 86 valence electrons. The standard InChI is InChI=1S/C11H14N2O3/c1-2-3-6-12-8-9-7-10(13(15)16)4-5-11(9)14/h4-5,7-8,14H,2-3,6H2,1H3. The predicted molar refractivity (Wildman–Crippen MR) is 62.1 cm³/mol. The number of hydrogen-bond donors (Lipinski definition) is 1. The van der Waals surface area contributed by atoms with Crippen LogP contribution in [0.15, 0.2) is 23.2 Å². The monoisotopic (exact) mass is 222 g/mol. The van der Waals surface area contributed by atoms with Crippen LogP contribution in [-0.2, 0) is 0 Å². The number of rotatable bonds is 5. The first-order chi connectivity index (χ1) is 7.65. The molecule has 0 radical (unpaired) electrons. The van der Waals surface area contributed by atoms with E-state index in [1.807, 2.05) is 0 Å². The maximum atomic E-state index is 10.5. The Balaban J connectivity index is 2.82. The molecule has 0 aliphatic rings. The van der Waals surface area contributed by atoms with Gasteiger partial charge in [-0.2, -0.15) is 0 Å². The molecule has 1 N–H and O–H groups in total. The fourth-order valence-electron chi connectivity index (χ4n) is 1.17. The van der Waals surface area contributed by atoms with Gasteiger partial charge in [-0.1, -0.05) is 13.3 Å². The predicted octanol–water partition coefficient (Wildman–Crippen LogP) is 2.52. The Morgan fingerprint density at radius 1 is 1.56 bits per heavy atom. The number of nitro groups is 1. The average Bonchev–Trinajstić information content (AvgIpc) is 2.26. The van der Waals surface area contributed by atoms with Crippen molar-refractivity contribution in [2.75, 3.05) is 6.54 Å². The van der Waals surface area contributed by atoms with Gasteiger partial charge in [0.15, 0.2) is 0 Å². The van der Waals surface area contributed by atoms with Gasteiger partial charge in [-0.25, -0.2) is 0 Å². The molecule has 0 atom stereocenters. The van der Waals surface area contributed by atoms with Crippen molar-refractivity contribution in [3.8, 4) is 5.75 Å². The van der Waals surface area contributed by atoms with Crippen LogP contribution in [0.2, 0.25) is 0 Å². The zero-order valence-corrected chi connectivity index (χ0v) is 9.09. The third-order valence-corrected chi connectivity index (χ3v) is 2.09. The third-order valence-electron chi connectivity index (χ3n) is 2.09. The van der Waals surface area contributed by atoms with Crippen LogP contribution in [0.1, 0.15) is 25.3 Å². The SMILES string of the molecule is CCCCN=Cc1cc([N+](=O)[O-])ccc1O. The van der Waals surface area contributed by atoms with Crippen molar-refractivity contribution < 1.29 is 10.0 Å². The molecule has 0 fully saturated rings. The van der Waals surface area contributed by atoms with Crippen molar-refractivity contribution >= 4 is 11.9 Å². The first-order valence-corrected chi connectivity index (χ1v) is 5.12. The first kappa shape index (κ1) is 12.2. The number of hydrogen-bond acceptors (Lipinski definition) is 4. The van der Waals surface area contributed by atoms with Gasteiger partial charge in [0.05, 0.1) is 4.92 Å². The zero-order valence-electron chi connectivity index (χ0n) is 9.09. The van der Waals surface area contributed by atoms with Crippen LogP contribution in [0.3, 0.4) is 0 Å². The van der Waals surface area contributed by atoms with Crippen LogP contribution >= 0.6 is 0 Å². The molecule has 0 bridgehead atoms. The van der Waals surface area contributed by atoms with Crippen molar-refractivity contribution in [3.05, 3.63) is 33.9 Å². The zero-order chi connectivity index (χ0) is 12.0. The number of aliphatic imine (C=N–C) groups is 1. The highest BCUT2D eigenvalue weighted by Crippen LogP contribution is 2.21. The van der Waals surface area contributed by atoms with Crippen molar-refractivity contribution in [2.24, 2.45) is 4.99 Å². The summed E-state index contributed by atoms with van der Waals surface area (Å²) >= 11 is 0. The second-order valence-corrected chi connectivity index (χ2v) is 3.39. The summed E-state index contributed by atoms with van der Waals surface area (Å²) in [5, 5.41) is 20.0. The van der Waals surface area contributed by atoms with Gasteiger partial charge < -0.3 is 5.11 Å². The maximum Gasteiger partial charge on any atom is 0.270 e. The Morgan fingerprint density at radius 3 is 2.94 bits per heavy atom. The minimum atomic E-state index is -0.497. The molecule has 16 heavy (non-hydrogen) atoms. The van der Waals surface area contributed by atoms with Crippen molar-refractivity contribution in [2.45, 2.75) is 19.8 Å². The summed E-state index contributed by atoms with van der Waals surface area (Å²) in [6.45, 7) is 2.72. The van der Waals surface area contributed by atoms with Gasteiger partial charge >= 0.3 is 0 Å². The van der Waals surface area contributed by atoms with E-state index >= 15 is 0 Å². The van der Waals surface area contributed by atoms with E-state index in [2.05, 4.69) is 11.9 Å². The highest BCUT2D eigenvalue weighted by Gasteiger charge is 2.08. The third kappa shape index (κ3) is 3.34. The number of phenols is 1. The number of nitro benzene ring substituents is 1. The molecule has 0 saturated carbocycles. The number of benzene rings is 1.